The summed E-state index contributed by atoms with van der Waals surface area (Å²) in [5.41, 5.74) is 4.09. The average molecular weight is 535 g/mol. The van der Waals surface area contributed by atoms with E-state index in [0.29, 0.717) is 46.6 Å². The molecule has 2 aromatic heterocycles. The van der Waals surface area contributed by atoms with E-state index in [1.165, 1.54) is 16.4 Å². The first-order valence-electron chi connectivity index (χ1n) is 11.5. The second-order valence-electron chi connectivity index (χ2n) is 8.53. The lowest BCUT2D eigenvalue weighted by Gasteiger charge is -2.17. The number of carbonyl (C=O) groups excluding carboxylic acids is 1. The lowest BCUT2D eigenvalue weighted by Crippen LogP contribution is -2.29. The van der Waals surface area contributed by atoms with Crippen LogP contribution in [-0.4, -0.2) is 47.2 Å². The van der Waals surface area contributed by atoms with Crippen molar-refractivity contribution in [3.8, 4) is 11.3 Å². The highest BCUT2D eigenvalue weighted by atomic mass is 35.5. The SMILES string of the molecule is CN(CCc1ccccn1)S(=O)(=O)c1ccc(Nc2ncc3c(n2)-c2ccc(Cl)cc2NC(=O)C3)cc1. The van der Waals surface area contributed by atoms with Crippen molar-refractivity contribution in [3.05, 3.63) is 89.3 Å². The Balaban J connectivity index is 1.33. The van der Waals surface area contributed by atoms with E-state index in [1.54, 1.807) is 43.7 Å². The zero-order valence-electron chi connectivity index (χ0n) is 19.8. The van der Waals surface area contributed by atoms with Crippen LogP contribution in [0.2, 0.25) is 5.02 Å². The Morgan fingerprint density at radius 1 is 1.08 bits per heavy atom. The van der Waals surface area contributed by atoms with Gasteiger partial charge in [0, 0.05) is 59.9 Å². The maximum atomic E-state index is 13.0. The van der Waals surface area contributed by atoms with Crippen LogP contribution in [0.25, 0.3) is 11.3 Å². The summed E-state index contributed by atoms with van der Waals surface area (Å²) in [6, 6.07) is 17.2. The second kappa shape index (κ2) is 10.3. The molecule has 0 atom stereocenters. The topological polar surface area (TPSA) is 117 Å². The number of nitrogens with zero attached hydrogens (tertiary/aromatic N) is 4. The molecule has 37 heavy (non-hydrogen) atoms. The molecule has 0 unspecified atom stereocenters. The van der Waals surface area contributed by atoms with E-state index in [4.69, 9.17) is 11.6 Å². The van der Waals surface area contributed by atoms with Crippen LogP contribution in [-0.2, 0) is 27.7 Å². The number of benzene rings is 2. The van der Waals surface area contributed by atoms with E-state index in [1.807, 2.05) is 24.3 Å². The molecule has 0 bridgehead atoms. The molecule has 2 N–H and O–H groups in total. The number of carbonyl (C=O) groups is 1. The fraction of sp³-hybridized carbons (Fsp3) is 0.154. The first-order valence-corrected chi connectivity index (χ1v) is 13.3. The molecule has 1 aliphatic heterocycles. The van der Waals surface area contributed by atoms with E-state index in [0.717, 1.165) is 11.3 Å². The average Bonchev–Trinajstić information content (AvgIpc) is 3.02. The summed E-state index contributed by atoms with van der Waals surface area (Å²) in [5, 5.41) is 6.47. The highest BCUT2D eigenvalue weighted by molar-refractivity contribution is 7.89. The molecule has 3 heterocycles. The summed E-state index contributed by atoms with van der Waals surface area (Å²) in [5.74, 6) is 0.144. The summed E-state index contributed by atoms with van der Waals surface area (Å²) >= 11 is 6.11. The quantitative estimate of drug-likeness (QED) is 0.363. The summed E-state index contributed by atoms with van der Waals surface area (Å²) in [6.45, 7) is 0.312. The van der Waals surface area contributed by atoms with Gasteiger partial charge in [-0.15, -0.1) is 0 Å². The Bertz CT molecular complexity index is 1560. The van der Waals surface area contributed by atoms with E-state index in [9.17, 15) is 13.2 Å². The van der Waals surface area contributed by atoms with Crippen LogP contribution < -0.4 is 10.6 Å². The van der Waals surface area contributed by atoms with Gasteiger partial charge in [-0.25, -0.2) is 22.7 Å². The molecule has 0 radical (unpaired) electrons. The van der Waals surface area contributed by atoms with Crippen molar-refractivity contribution < 1.29 is 13.2 Å². The van der Waals surface area contributed by atoms with Gasteiger partial charge in [-0.1, -0.05) is 17.7 Å². The minimum atomic E-state index is -3.66. The van der Waals surface area contributed by atoms with E-state index in [2.05, 4.69) is 25.6 Å². The van der Waals surface area contributed by atoms with Crippen LogP contribution in [0, 0.1) is 0 Å². The Labute approximate surface area is 219 Å². The number of hydrogen-bond acceptors (Lipinski definition) is 7. The van der Waals surface area contributed by atoms with Gasteiger partial charge >= 0.3 is 0 Å². The number of halogens is 1. The summed E-state index contributed by atoms with van der Waals surface area (Å²) in [4.78, 5) is 25.7. The minimum Gasteiger partial charge on any atom is -0.325 e. The Morgan fingerprint density at radius 3 is 2.65 bits per heavy atom. The molecular formula is C26H23ClN6O3S. The smallest absolute Gasteiger partial charge is 0.242 e. The normalized spacial score (nSPS) is 12.9. The zero-order chi connectivity index (χ0) is 26.0. The Kier molecular flexibility index (Phi) is 6.88. The summed E-state index contributed by atoms with van der Waals surface area (Å²) in [6.07, 6.45) is 3.96. The molecule has 5 rings (SSSR count). The number of fused-ring (bicyclic) bond motifs is 3. The molecule has 1 amide bonds. The van der Waals surface area contributed by atoms with Gasteiger partial charge < -0.3 is 10.6 Å². The van der Waals surface area contributed by atoms with Gasteiger partial charge in [0.25, 0.3) is 0 Å². The lowest BCUT2D eigenvalue weighted by molar-refractivity contribution is -0.115. The molecule has 0 saturated carbocycles. The van der Waals surface area contributed by atoms with Gasteiger partial charge in [-0.3, -0.25) is 9.78 Å². The maximum Gasteiger partial charge on any atom is 0.242 e. The van der Waals surface area contributed by atoms with Gasteiger partial charge in [0.15, 0.2) is 0 Å². The molecule has 1 aliphatic rings. The van der Waals surface area contributed by atoms with Crippen LogP contribution in [0.4, 0.5) is 17.3 Å². The van der Waals surface area contributed by atoms with Gasteiger partial charge in [0.1, 0.15) is 0 Å². The predicted octanol–water partition coefficient (Wildman–Crippen LogP) is 4.29. The van der Waals surface area contributed by atoms with Crippen molar-refractivity contribution in [1.29, 1.82) is 0 Å². The first-order chi connectivity index (χ1) is 17.8. The van der Waals surface area contributed by atoms with Gasteiger partial charge in [-0.05, 0) is 54.6 Å². The number of pyridine rings is 1. The van der Waals surface area contributed by atoms with Crippen molar-refractivity contribution in [2.75, 3.05) is 24.2 Å². The third-order valence-corrected chi connectivity index (χ3v) is 8.06. The number of nitrogens with one attached hydrogen (secondary N) is 2. The molecule has 9 nitrogen and oxygen atoms in total. The van der Waals surface area contributed by atoms with Gasteiger partial charge in [0.05, 0.1) is 22.7 Å². The monoisotopic (exact) mass is 534 g/mol. The second-order valence-corrected chi connectivity index (χ2v) is 11.0. The summed E-state index contributed by atoms with van der Waals surface area (Å²) < 4.78 is 27.3. The molecule has 2 aromatic carbocycles. The predicted molar refractivity (Wildman–Crippen MR) is 142 cm³/mol. The number of likely N-dealkylation sites (N-methyl/N-ethyl adjacent to an activating group) is 1. The van der Waals surface area contributed by atoms with Crippen molar-refractivity contribution in [2.45, 2.75) is 17.7 Å². The van der Waals surface area contributed by atoms with E-state index < -0.39 is 10.0 Å². The van der Waals surface area contributed by atoms with Crippen molar-refractivity contribution >= 4 is 44.9 Å². The number of anilines is 3. The Morgan fingerprint density at radius 2 is 1.89 bits per heavy atom. The number of aromatic nitrogens is 3. The van der Waals surface area contributed by atoms with Crippen LogP contribution >= 0.6 is 11.6 Å². The molecule has 11 heteroatoms. The van der Waals surface area contributed by atoms with E-state index in [-0.39, 0.29) is 17.2 Å². The fourth-order valence-electron chi connectivity index (χ4n) is 3.98. The zero-order valence-corrected chi connectivity index (χ0v) is 21.4. The molecule has 188 valence electrons. The first kappa shape index (κ1) is 24.8. The van der Waals surface area contributed by atoms with Crippen molar-refractivity contribution in [1.82, 2.24) is 19.3 Å². The molecular weight excluding hydrogens is 512 g/mol. The lowest BCUT2D eigenvalue weighted by atomic mass is 10.1. The van der Waals surface area contributed by atoms with Crippen molar-refractivity contribution in [2.24, 2.45) is 0 Å². The number of hydrogen-bond donors (Lipinski definition) is 2. The largest absolute Gasteiger partial charge is 0.325 e. The minimum absolute atomic E-state index is 0.141. The molecule has 0 saturated heterocycles. The summed E-state index contributed by atoms with van der Waals surface area (Å²) in [7, 11) is -2.11. The Hall–Kier alpha value is -3.86. The van der Waals surface area contributed by atoms with Crippen LogP contribution in [0.3, 0.4) is 0 Å². The third kappa shape index (κ3) is 5.46. The molecule has 0 aliphatic carbocycles. The highest BCUT2D eigenvalue weighted by Gasteiger charge is 2.22. The van der Waals surface area contributed by atoms with Crippen LogP contribution in [0.15, 0.2) is 78.0 Å². The standard InChI is InChI=1S/C26H23ClN6O3S/c1-33(13-11-19-4-2-3-12-28-19)37(35,36)21-8-6-20(7-9-21)30-26-29-16-17-14-24(34)31-23-15-18(27)5-10-22(23)25(17)32-26/h2-10,12,15-16H,11,13-14H2,1H3,(H,31,34)(H,29,30,32). The van der Waals surface area contributed by atoms with E-state index >= 15 is 0 Å². The third-order valence-electron chi connectivity index (χ3n) is 5.95. The van der Waals surface area contributed by atoms with Gasteiger partial charge in [-0.2, -0.15) is 0 Å². The maximum absolute atomic E-state index is 13.0. The van der Waals surface area contributed by atoms with Crippen LogP contribution in [0.5, 0.6) is 0 Å². The number of amides is 1. The molecule has 4 aromatic rings. The highest BCUT2D eigenvalue weighted by Crippen LogP contribution is 2.35. The number of sulfonamides is 1. The fourth-order valence-corrected chi connectivity index (χ4v) is 5.32. The van der Waals surface area contributed by atoms with Gasteiger partial charge in [0.2, 0.25) is 21.9 Å². The molecule has 0 fully saturated rings. The number of rotatable bonds is 7. The van der Waals surface area contributed by atoms with Crippen molar-refractivity contribution in [3.63, 3.8) is 0 Å². The molecule has 0 spiro atoms. The van der Waals surface area contributed by atoms with Crippen LogP contribution in [0.1, 0.15) is 11.3 Å².